The summed E-state index contributed by atoms with van der Waals surface area (Å²) in [6.45, 7) is 5.19. The van der Waals surface area contributed by atoms with Crippen molar-refractivity contribution in [2.24, 2.45) is 0 Å². The Morgan fingerprint density at radius 3 is 2.47 bits per heavy atom. The van der Waals surface area contributed by atoms with E-state index in [9.17, 15) is 0 Å². The van der Waals surface area contributed by atoms with Gasteiger partial charge in [-0.2, -0.15) is 0 Å². The van der Waals surface area contributed by atoms with Crippen molar-refractivity contribution in [2.75, 3.05) is 6.61 Å². The van der Waals surface area contributed by atoms with Crippen molar-refractivity contribution in [1.82, 2.24) is 0 Å². The van der Waals surface area contributed by atoms with Crippen LogP contribution in [-0.2, 0) is 4.74 Å². The fourth-order valence-electron chi connectivity index (χ4n) is 2.06. The molecule has 1 aromatic rings. The first-order valence-corrected chi connectivity index (χ1v) is 6.22. The van der Waals surface area contributed by atoms with Crippen molar-refractivity contribution < 1.29 is 4.74 Å². The van der Waals surface area contributed by atoms with Crippen LogP contribution in [0.1, 0.15) is 31.7 Å². The average Bonchev–Trinajstić information content (AvgIpc) is 2.67. The lowest BCUT2D eigenvalue weighted by molar-refractivity contribution is 0.0890. The van der Waals surface area contributed by atoms with Gasteiger partial charge in [-0.15, -0.1) is 0 Å². The molecule has 0 amide bonds. The molecule has 1 aromatic carbocycles. The Bertz CT molecular complexity index is 315. The zero-order valence-corrected chi connectivity index (χ0v) is 10.8. The highest BCUT2D eigenvalue weighted by Crippen LogP contribution is 2.37. The Morgan fingerprint density at radius 2 is 1.93 bits per heavy atom. The van der Waals surface area contributed by atoms with Crippen molar-refractivity contribution in [3.05, 3.63) is 35.9 Å². The van der Waals surface area contributed by atoms with E-state index in [2.05, 4.69) is 60.1 Å². The molecule has 1 aliphatic rings. The Labute approximate surface area is 100.0 Å². The van der Waals surface area contributed by atoms with E-state index in [1.807, 2.05) is 0 Å². The summed E-state index contributed by atoms with van der Waals surface area (Å²) in [7, 11) is 0. The van der Waals surface area contributed by atoms with Gasteiger partial charge in [-0.1, -0.05) is 46.3 Å². The molecule has 0 saturated carbocycles. The van der Waals surface area contributed by atoms with Crippen LogP contribution in [0.2, 0.25) is 0 Å². The normalized spacial score (nSPS) is 26.9. The predicted molar refractivity (Wildman–Crippen MR) is 66.5 cm³/mol. The second-order valence-electron chi connectivity index (χ2n) is 4.73. The first-order valence-electron chi connectivity index (χ1n) is 5.43. The highest BCUT2D eigenvalue weighted by Gasteiger charge is 2.35. The molecule has 82 valence electrons. The molecular formula is C13H17BrO. The topological polar surface area (TPSA) is 9.23 Å². The average molecular weight is 269 g/mol. The largest absolute Gasteiger partial charge is 0.376 e. The quantitative estimate of drug-likeness (QED) is 0.743. The van der Waals surface area contributed by atoms with Crippen LogP contribution in [0.5, 0.6) is 0 Å². The molecule has 1 fully saturated rings. The third-order valence-electron chi connectivity index (χ3n) is 3.03. The van der Waals surface area contributed by atoms with Crippen molar-refractivity contribution >= 4 is 15.9 Å². The predicted octanol–water partition coefficient (Wildman–Crippen LogP) is 3.73. The van der Waals surface area contributed by atoms with Gasteiger partial charge < -0.3 is 4.74 Å². The van der Waals surface area contributed by atoms with Gasteiger partial charge >= 0.3 is 0 Å². The van der Waals surface area contributed by atoms with E-state index >= 15 is 0 Å². The fraction of sp³-hybridized carbons (Fsp3) is 0.538. The zero-order valence-electron chi connectivity index (χ0n) is 9.24. The van der Waals surface area contributed by atoms with Gasteiger partial charge in [-0.25, -0.2) is 0 Å². The summed E-state index contributed by atoms with van der Waals surface area (Å²) >= 11 is 3.68. The van der Waals surface area contributed by atoms with E-state index in [-0.39, 0.29) is 4.32 Å². The number of hydrogen-bond donors (Lipinski definition) is 0. The minimum atomic E-state index is 0.0799. The number of hydrogen-bond acceptors (Lipinski definition) is 1. The van der Waals surface area contributed by atoms with Gasteiger partial charge in [-0.3, -0.25) is 0 Å². The molecule has 0 spiro atoms. The molecule has 0 radical (unpaired) electrons. The van der Waals surface area contributed by atoms with Crippen LogP contribution < -0.4 is 0 Å². The molecule has 2 rings (SSSR count). The van der Waals surface area contributed by atoms with Gasteiger partial charge in [0, 0.05) is 10.2 Å². The van der Waals surface area contributed by atoms with Crippen LogP contribution in [0.15, 0.2) is 30.3 Å². The molecule has 0 N–H and O–H groups in total. The Balaban J connectivity index is 2.05. The van der Waals surface area contributed by atoms with E-state index in [0.717, 1.165) is 13.0 Å². The maximum absolute atomic E-state index is 5.84. The van der Waals surface area contributed by atoms with Crippen molar-refractivity contribution in [3.8, 4) is 0 Å². The summed E-state index contributed by atoms with van der Waals surface area (Å²) in [5.41, 5.74) is 1.40. The summed E-state index contributed by atoms with van der Waals surface area (Å²) in [6.07, 6.45) is 1.44. The van der Waals surface area contributed by atoms with Crippen LogP contribution in [-0.4, -0.2) is 17.0 Å². The summed E-state index contributed by atoms with van der Waals surface area (Å²) in [4.78, 5) is 0. The Kier molecular flexibility index (Phi) is 3.17. The smallest absolute Gasteiger partial charge is 0.0729 e. The van der Waals surface area contributed by atoms with E-state index < -0.39 is 0 Å². The van der Waals surface area contributed by atoms with Crippen LogP contribution in [0, 0.1) is 0 Å². The highest BCUT2D eigenvalue weighted by molar-refractivity contribution is 9.10. The monoisotopic (exact) mass is 268 g/mol. The van der Waals surface area contributed by atoms with Gasteiger partial charge in [0.25, 0.3) is 0 Å². The summed E-state index contributed by atoms with van der Waals surface area (Å²) in [5.74, 6) is 0.563. The first kappa shape index (κ1) is 11.2. The molecule has 1 heterocycles. The standard InChI is InChI=1S/C13H17BrO/c1-13(2,14)12-8-11(9-15-12)10-6-4-3-5-7-10/h3-7,11-12H,8-9H2,1-2H3/t11-,12+/m1/s1. The minimum Gasteiger partial charge on any atom is -0.376 e. The van der Waals surface area contributed by atoms with Gasteiger partial charge in [0.05, 0.1) is 12.7 Å². The molecule has 0 bridgehead atoms. The van der Waals surface area contributed by atoms with Gasteiger partial charge in [0.15, 0.2) is 0 Å². The zero-order chi connectivity index (χ0) is 10.9. The van der Waals surface area contributed by atoms with Crippen molar-refractivity contribution in [1.29, 1.82) is 0 Å². The van der Waals surface area contributed by atoms with Crippen LogP contribution in [0.25, 0.3) is 0 Å². The van der Waals surface area contributed by atoms with Gasteiger partial charge in [-0.05, 0) is 25.8 Å². The lowest BCUT2D eigenvalue weighted by Crippen LogP contribution is -2.28. The number of alkyl halides is 1. The molecule has 15 heavy (non-hydrogen) atoms. The Hall–Kier alpha value is -0.340. The van der Waals surface area contributed by atoms with Crippen LogP contribution in [0.3, 0.4) is 0 Å². The second-order valence-corrected chi connectivity index (χ2v) is 6.77. The van der Waals surface area contributed by atoms with E-state index in [0.29, 0.717) is 12.0 Å². The summed E-state index contributed by atoms with van der Waals surface area (Å²) < 4.78 is 5.92. The molecule has 1 nitrogen and oxygen atoms in total. The van der Waals surface area contributed by atoms with E-state index in [1.165, 1.54) is 5.56 Å². The highest BCUT2D eigenvalue weighted by atomic mass is 79.9. The molecule has 0 aliphatic carbocycles. The molecule has 0 aromatic heterocycles. The molecule has 1 aliphatic heterocycles. The lowest BCUT2D eigenvalue weighted by atomic mass is 9.93. The molecule has 2 heteroatoms. The lowest BCUT2D eigenvalue weighted by Gasteiger charge is -2.23. The third-order valence-corrected chi connectivity index (χ3v) is 3.54. The molecule has 1 saturated heterocycles. The Morgan fingerprint density at radius 1 is 1.27 bits per heavy atom. The van der Waals surface area contributed by atoms with E-state index in [4.69, 9.17) is 4.74 Å². The van der Waals surface area contributed by atoms with Crippen LogP contribution in [0.4, 0.5) is 0 Å². The number of halogens is 1. The number of ether oxygens (including phenoxy) is 1. The maximum atomic E-state index is 5.84. The van der Waals surface area contributed by atoms with Gasteiger partial charge in [0.2, 0.25) is 0 Å². The fourth-order valence-corrected chi connectivity index (χ4v) is 2.38. The maximum Gasteiger partial charge on any atom is 0.0729 e. The molecule has 0 unspecified atom stereocenters. The van der Waals surface area contributed by atoms with Gasteiger partial charge in [0.1, 0.15) is 0 Å². The van der Waals surface area contributed by atoms with Crippen LogP contribution >= 0.6 is 15.9 Å². The minimum absolute atomic E-state index is 0.0799. The molecule has 2 atom stereocenters. The SMILES string of the molecule is CC(C)(Br)[C@@H]1C[C@@H](c2ccccc2)CO1. The molecular weight excluding hydrogens is 252 g/mol. The first-order chi connectivity index (χ1) is 7.07. The summed E-state index contributed by atoms with van der Waals surface area (Å²) in [6, 6.07) is 10.6. The second kappa shape index (κ2) is 4.26. The third kappa shape index (κ3) is 2.61. The summed E-state index contributed by atoms with van der Waals surface area (Å²) in [5, 5.41) is 0. The van der Waals surface area contributed by atoms with E-state index in [1.54, 1.807) is 0 Å². The van der Waals surface area contributed by atoms with Crippen molar-refractivity contribution in [3.63, 3.8) is 0 Å². The number of benzene rings is 1. The van der Waals surface area contributed by atoms with Crippen molar-refractivity contribution in [2.45, 2.75) is 36.6 Å². The number of rotatable bonds is 2.